The molecule has 2 aromatic rings. The summed E-state index contributed by atoms with van der Waals surface area (Å²) >= 11 is 0. The van der Waals surface area contributed by atoms with Crippen LogP contribution < -0.4 is 10.4 Å². The summed E-state index contributed by atoms with van der Waals surface area (Å²) in [6.45, 7) is 1.98. The molecule has 0 spiro atoms. The monoisotopic (exact) mass is 284 g/mol. The SMILES string of the molecule is Cc1ccc(N(C)C(=O)c2ccc(C(=O)NO)cc2)cc1. The number of hydrogen-bond acceptors (Lipinski definition) is 3. The van der Waals surface area contributed by atoms with E-state index in [2.05, 4.69) is 0 Å². The molecule has 0 aromatic heterocycles. The van der Waals surface area contributed by atoms with Gasteiger partial charge in [0.15, 0.2) is 0 Å². The summed E-state index contributed by atoms with van der Waals surface area (Å²) in [6.07, 6.45) is 0. The van der Waals surface area contributed by atoms with Gasteiger partial charge >= 0.3 is 0 Å². The summed E-state index contributed by atoms with van der Waals surface area (Å²) in [4.78, 5) is 25.1. The van der Waals surface area contributed by atoms with Crippen LogP contribution in [0.4, 0.5) is 5.69 Å². The maximum Gasteiger partial charge on any atom is 0.274 e. The normalized spacial score (nSPS) is 10.0. The number of carbonyl (C=O) groups excluding carboxylic acids is 2. The van der Waals surface area contributed by atoms with E-state index in [1.54, 1.807) is 29.6 Å². The van der Waals surface area contributed by atoms with Gasteiger partial charge in [0.05, 0.1) is 0 Å². The number of anilines is 1. The molecule has 0 heterocycles. The number of nitrogens with zero attached hydrogens (tertiary/aromatic N) is 1. The summed E-state index contributed by atoms with van der Waals surface area (Å²) in [5, 5.41) is 8.55. The Balaban J connectivity index is 2.19. The van der Waals surface area contributed by atoms with Crippen molar-refractivity contribution in [3.63, 3.8) is 0 Å². The highest BCUT2D eigenvalue weighted by Crippen LogP contribution is 2.16. The Morgan fingerprint density at radius 2 is 1.48 bits per heavy atom. The molecule has 0 aliphatic rings. The topological polar surface area (TPSA) is 69.6 Å². The Morgan fingerprint density at radius 1 is 0.952 bits per heavy atom. The number of hydroxylamine groups is 1. The lowest BCUT2D eigenvalue weighted by molar-refractivity contribution is 0.0706. The van der Waals surface area contributed by atoms with Crippen LogP contribution in [0.5, 0.6) is 0 Å². The molecule has 2 amide bonds. The molecule has 0 radical (unpaired) electrons. The molecule has 2 N–H and O–H groups in total. The Kier molecular flexibility index (Phi) is 4.35. The Morgan fingerprint density at radius 3 is 2.00 bits per heavy atom. The molecule has 0 aliphatic heterocycles. The Hall–Kier alpha value is -2.66. The van der Waals surface area contributed by atoms with Gasteiger partial charge in [-0.15, -0.1) is 0 Å². The van der Waals surface area contributed by atoms with Crippen LogP contribution in [-0.4, -0.2) is 24.1 Å². The first-order valence-electron chi connectivity index (χ1n) is 6.42. The van der Waals surface area contributed by atoms with E-state index in [0.29, 0.717) is 5.56 Å². The smallest absolute Gasteiger partial charge is 0.274 e. The van der Waals surface area contributed by atoms with Crippen LogP contribution in [-0.2, 0) is 0 Å². The van der Waals surface area contributed by atoms with E-state index in [1.807, 2.05) is 31.2 Å². The van der Waals surface area contributed by atoms with Crippen LogP contribution in [0.3, 0.4) is 0 Å². The van der Waals surface area contributed by atoms with E-state index in [-0.39, 0.29) is 11.5 Å². The molecule has 21 heavy (non-hydrogen) atoms. The van der Waals surface area contributed by atoms with Crippen molar-refractivity contribution in [3.8, 4) is 0 Å². The minimum atomic E-state index is -0.610. The van der Waals surface area contributed by atoms with Crippen molar-refractivity contribution in [2.24, 2.45) is 0 Å². The zero-order valence-corrected chi connectivity index (χ0v) is 11.8. The van der Waals surface area contributed by atoms with Gasteiger partial charge in [-0.1, -0.05) is 17.7 Å². The molecule has 0 bridgehead atoms. The van der Waals surface area contributed by atoms with Crippen molar-refractivity contribution >= 4 is 17.5 Å². The first-order chi connectivity index (χ1) is 10.0. The fraction of sp³-hybridized carbons (Fsp3) is 0.125. The van der Waals surface area contributed by atoms with Gasteiger partial charge in [-0.25, -0.2) is 5.48 Å². The predicted octanol–water partition coefficient (Wildman–Crippen LogP) is 2.39. The highest BCUT2D eigenvalue weighted by molar-refractivity contribution is 6.06. The van der Waals surface area contributed by atoms with E-state index in [1.165, 1.54) is 12.1 Å². The van der Waals surface area contributed by atoms with Crippen LogP contribution >= 0.6 is 0 Å². The quantitative estimate of drug-likeness (QED) is 0.671. The lowest BCUT2D eigenvalue weighted by Gasteiger charge is -2.17. The third-order valence-electron chi connectivity index (χ3n) is 3.22. The average Bonchev–Trinajstić information content (AvgIpc) is 2.53. The lowest BCUT2D eigenvalue weighted by atomic mass is 10.1. The summed E-state index contributed by atoms with van der Waals surface area (Å²) < 4.78 is 0. The summed E-state index contributed by atoms with van der Waals surface area (Å²) in [6, 6.07) is 13.7. The first-order valence-corrected chi connectivity index (χ1v) is 6.42. The van der Waals surface area contributed by atoms with Crippen molar-refractivity contribution in [2.45, 2.75) is 6.92 Å². The van der Waals surface area contributed by atoms with E-state index in [9.17, 15) is 9.59 Å². The van der Waals surface area contributed by atoms with E-state index < -0.39 is 5.91 Å². The molecule has 0 unspecified atom stereocenters. The molecule has 0 saturated heterocycles. The zero-order chi connectivity index (χ0) is 15.4. The number of hydrogen-bond donors (Lipinski definition) is 2. The van der Waals surface area contributed by atoms with Crippen LogP contribution in [0.15, 0.2) is 48.5 Å². The Labute approximate surface area is 122 Å². The summed E-state index contributed by atoms with van der Waals surface area (Å²) in [7, 11) is 1.70. The van der Waals surface area contributed by atoms with Crippen LogP contribution in [0.25, 0.3) is 0 Å². The second-order valence-electron chi connectivity index (χ2n) is 4.72. The zero-order valence-electron chi connectivity index (χ0n) is 11.8. The summed E-state index contributed by atoms with van der Waals surface area (Å²) in [5.74, 6) is -0.782. The highest BCUT2D eigenvalue weighted by Gasteiger charge is 2.14. The fourth-order valence-corrected chi connectivity index (χ4v) is 1.91. The van der Waals surface area contributed by atoms with Gasteiger partial charge in [-0.2, -0.15) is 0 Å². The van der Waals surface area contributed by atoms with Gasteiger partial charge in [0.25, 0.3) is 11.8 Å². The maximum absolute atomic E-state index is 12.4. The molecule has 5 heteroatoms. The number of carbonyl (C=O) groups is 2. The number of aryl methyl sites for hydroxylation is 1. The van der Waals surface area contributed by atoms with Gasteiger partial charge < -0.3 is 4.90 Å². The van der Waals surface area contributed by atoms with Crippen LogP contribution in [0, 0.1) is 6.92 Å². The van der Waals surface area contributed by atoms with Gasteiger partial charge in [-0.3, -0.25) is 14.8 Å². The largest absolute Gasteiger partial charge is 0.311 e. The van der Waals surface area contributed by atoms with Crippen LogP contribution in [0.2, 0.25) is 0 Å². The lowest BCUT2D eigenvalue weighted by Crippen LogP contribution is -2.26. The highest BCUT2D eigenvalue weighted by atomic mass is 16.5. The Bertz CT molecular complexity index is 648. The van der Waals surface area contributed by atoms with Crippen molar-refractivity contribution in [2.75, 3.05) is 11.9 Å². The van der Waals surface area contributed by atoms with Crippen molar-refractivity contribution in [1.82, 2.24) is 5.48 Å². The van der Waals surface area contributed by atoms with Gasteiger partial charge in [-0.05, 0) is 43.3 Å². The van der Waals surface area contributed by atoms with E-state index in [0.717, 1.165) is 11.3 Å². The average molecular weight is 284 g/mol. The van der Waals surface area contributed by atoms with E-state index in [4.69, 9.17) is 5.21 Å². The molecule has 108 valence electrons. The third-order valence-corrected chi connectivity index (χ3v) is 3.22. The molecule has 0 fully saturated rings. The standard InChI is InChI=1S/C16H16N2O3/c1-11-3-9-14(10-4-11)18(2)16(20)13-7-5-12(6-8-13)15(19)17-21/h3-10,21H,1-2H3,(H,17,19). The van der Waals surface area contributed by atoms with Crippen molar-refractivity contribution < 1.29 is 14.8 Å². The van der Waals surface area contributed by atoms with Gasteiger partial charge in [0.2, 0.25) is 0 Å². The maximum atomic E-state index is 12.4. The molecule has 5 nitrogen and oxygen atoms in total. The number of amides is 2. The number of rotatable bonds is 3. The molecular weight excluding hydrogens is 268 g/mol. The molecule has 0 aliphatic carbocycles. The molecule has 0 atom stereocenters. The fourth-order valence-electron chi connectivity index (χ4n) is 1.91. The second kappa shape index (κ2) is 6.19. The first kappa shape index (κ1) is 14.7. The van der Waals surface area contributed by atoms with Gasteiger partial charge in [0, 0.05) is 23.9 Å². The third kappa shape index (κ3) is 3.27. The molecule has 2 rings (SSSR count). The molecule has 2 aromatic carbocycles. The van der Waals surface area contributed by atoms with Crippen molar-refractivity contribution in [1.29, 1.82) is 0 Å². The molecule has 0 saturated carbocycles. The minimum absolute atomic E-state index is 0.171. The minimum Gasteiger partial charge on any atom is -0.311 e. The predicted molar refractivity (Wildman–Crippen MR) is 79.6 cm³/mol. The van der Waals surface area contributed by atoms with Crippen LogP contribution in [0.1, 0.15) is 26.3 Å². The summed E-state index contributed by atoms with van der Waals surface area (Å²) in [5.41, 5.74) is 4.22. The van der Waals surface area contributed by atoms with Crippen molar-refractivity contribution in [3.05, 3.63) is 65.2 Å². The van der Waals surface area contributed by atoms with Gasteiger partial charge in [0.1, 0.15) is 0 Å². The molecular formula is C16H16N2O3. The van der Waals surface area contributed by atoms with E-state index >= 15 is 0 Å². The second-order valence-corrected chi connectivity index (χ2v) is 4.72. The number of benzene rings is 2. The number of nitrogens with one attached hydrogen (secondary N) is 1.